The Balaban J connectivity index is 2.07. The zero-order chi connectivity index (χ0) is 12.1. The van der Waals surface area contributed by atoms with Crippen molar-refractivity contribution in [3.63, 3.8) is 0 Å². The van der Waals surface area contributed by atoms with Crippen LogP contribution >= 0.6 is 11.8 Å². The number of anilines is 1. The minimum atomic E-state index is 0.483. The molecule has 90 valence electrons. The predicted octanol–water partition coefficient (Wildman–Crippen LogP) is 3.04. The van der Waals surface area contributed by atoms with Crippen LogP contribution < -0.4 is 5.32 Å². The summed E-state index contributed by atoms with van der Waals surface area (Å²) in [6.45, 7) is 2.20. The maximum atomic E-state index is 9.00. The third-order valence-corrected chi connectivity index (χ3v) is 4.41. The van der Waals surface area contributed by atoms with Crippen LogP contribution in [0.2, 0.25) is 0 Å². The van der Waals surface area contributed by atoms with Crippen LogP contribution in [0.3, 0.4) is 0 Å². The molecule has 1 heterocycles. The molecule has 2 rings (SSSR count). The second-order valence-corrected chi connectivity index (χ2v) is 5.70. The summed E-state index contributed by atoms with van der Waals surface area (Å²) in [6.07, 6.45) is 5.41. The minimum absolute atomic E-state index is 0.483. The van der Waals surface area contributed by atoms with E-state index in [4.69, 9.17) is 5.26 Å². The molecule has 4 heteroatoms. The number of thioether (sulfide) groups is 1. The molecule has 1 aliphatic rings. The van der Waals surface area contributed by atoms with E-state index in [-0.39, 0.29) is 0 Å². The van der Waals surface area contributed by atoms with E-state index in [1.165, 1.54) is 19.3 Å². The average Bonchev–Trinajstić information content (AvgIpc) is 2.78. The standard InChI is InChI=1S/C13H17N3S/c1-2-17-13-7-3-5-11(13)16-10-6-4-8-15-12(10)9-14/h4,6,8,11,13,16H,2-3,5,7H2,1H3. The van der Waals surface area contributed by atoms with Crippen molar-refractivity contribution < 1.29 is 0 Å². The van der Waals surface area contributed by atoms with Gasteiger partial charge in [-0.15, -0.1) is 0 Å². The summed E-state index contributed by atoms with van der Waals surface area (Å²) < 4.78 is 0. The molecule has 2 atom stereocenters. The van der Waals surface area contributed by atoms with Crippen LogP contribution in [0, 0.1) is 11.3 Å². The summed E-state index contributed by atoms with van der Waals surface area (Å²) in [5.74, 6) is 1.15. The molecule has 1 saturated carbocycles. The highest BCUT2D eigenvalue weighted by molar-refractivity contribution is 7.99. The van der Waals surface area contributed by atoms with Crippen molar-refractivity contribution >= 4 is 17.4 Å². The van der Waals surface area contributed by atoms with E-state index in [2.05, 4.69) is 23.3 Å². The number of pyridine rings is 1. The highest BCUT2D eigenvalue weighted by Gasteiger charge is 2.27. The van der Waals surface area contributed by atoms with Gasteiger partial charge in [-0.3, -0.25) is 0 Å². The van der Waals surface area contributed by atoms with Gasteiger partial charge in [0.05, 0.1) is 5.69 Å². The van der Waals surface area contributed by atoms with Crippen LogP contribution in [-0.2, 0) is 0 Å². The zero-order valence-electron chi connectivity index (χ0n) is 10.0. The summed E-state index contributed by atoms with van der Waals surface area (Å²) in [6, 6.07) is 6.44. The summed E-state index contributed by atoms with van der Waals surface area (Å²) in [7, 11) is 0. The highest BCUT2D eigenvalue weighted by Crippen LogP contribution is 2.32. The largest absolute Gasteiger partial charge is 0.379 e. The lowest BCUT2D eigenvalue weighted by Crippen LogP contribution is -2.26. The lowest BCUT2D eigenvalue weighted by molar-refractivity contribution is 0.766. The van der Waals surface area contributed by atoms with E-state index in [9.17, 15) is 0 Å². The Morgan fingerprint density at radius 1 is 1.59 bits per heavy atom. The van der Waals surface area contributed by atoms with E-state index in [1.54, 1.807) is 6.20 Å². The predicted molar refractivity (Wildman–Crippen MR) is 72.1 cm³/mol. The molecule has 0 bridgehead atoms. The van der Waals surface area contributed by atoms with E-state index in [0.29, 0.717) is 17.0 Å². The van der Waals surface area contributed by atoms with Crippen molar-refractivity contribution in [2.45, 2.75) is 37.5 Å². The molecule has 0 amide bonds. The quantitative estimate of drug-likeness (QED) is 0.888. The molecule has 0 aliphatic heterocycles. The molecule has 3 nitrogen and oxygen atoms in total. The second kappa shape index (κ2) is 5.92. The Morgan fingerprint density at radius 2 is 2.47 bits per heavy atom. The van der Waals surface area contributed by atoms with Gasteiger partial charge < -0.3 is 5.32 Å². The van der Waals surface area contributed by atoms with Crippen LogP contribution in [0.15, 0.2) is 18.3 Å². The van der Waals surface area contributed by atoms with Gasteiger partial charge in [-0.2, -0.15) is 17.0 Å². The minimum Gasteiger partial charge on any atom is -0.379 e. The second-order valence-electron chi connectivity index (χ2n) is 4.19. The first-order valence-corrected chi connectivity index (χ1v) is 7.13. The zero-order valence-corrected chi connectivity index (χ0v) is 10.8. The summed E-state index contributed by atoms with van der Waals surface area (Å²) in [5, 5.41) is 13.2. The van der Waals surface area contributed by atoms with E-state index in [1.807, 2.05) is 23.9 Å². The Hall–Kier alpha value is -1.21. The van der Waals surface area contributed by atoms with Crippen molar-refractivity contribution in [3.8, 4) is 6.07 Å². The number of hydrogen-bond donors (Lipinski definition) is 1. The Morgan fingerprint density at radius 3 is 3.24 bits per heavy atom. The first kappa shape index (κ1) is 12.3. The first-order valence-electron chi connectivity index (χ1n) is 6.08. The topological polar surface area (TPSA) is 48.7 Å². The van der Waals surface area contributed by atoms with Gasteiger partial charge in [-0.1, -0.05) is 13.3 Å². The molecule has 1 fully saturated rings. The maximum absolute atomic E-state index is 9.00. The number of nitriles is 1. The summed E-state index contributed by atoms with van der Waals surface area (Å²) in [5.41, 5.74) is 1.38. The van der Waals surface area contributed by atoms with Gasteiger partial charge in [0.15, 0.2) is 5.69 Å². The molecule has 0 spiro atoms. The van der Waals surface area contributed by atoms with Crippen molar-refractivity contribution in [2.24, 2.45) is 0 Å². The van der Waals surface area contributed by atoms with Crippen molar-refractivity contribution in [1.82, 2.24) is 4.98 Å². The fourth-order valence-corrected chi connectivity index (χ4v) is 3.51. The van der Waals surface area contributed by atoms with Gasteiger partial charge in [0.2, 0.25) is 0 Å². The van der Waals surface area contributed by atoms with Crippen LogP contribution in [0.4, 0.5) is 5.69 Å². The van der Waals surface area contributed by atoms with Gasteiger partial charge in [-0.25, -0.2) is 4.98 Å². The summed E-state index contributed by atoms with van der Waals surface area (Å²) in [4.78, 5) is 4.08. The third kappa shape index (κ3) is 2.92. The molecule has 1 aromatic rings. The number of nitrogens with one attached hydrogen (secondary N) is 1. The molecule has 0 aromatic carbocycles. The fraction of sp³-hybridized carbons (Fsp3) is 0.538. The van der Waals surface area contributed by atoms with Gasteiger partial charge in [0.25, 0.3) is 0 Å². The maximum Gasteiger partial charge on any atom is 0.163 e. The molecule has 17 heavy (non-hydrogen) atoms. The SMILES string of the molecule is CCSC1CCCC1Nc1cccnc1C#N. The van der Waals surface area contributed by atoms with E-state index >= 15 is 0 Å². The third-order valence-electron chi connectivity index (χ3n) is 3.09. The smallest absolute Gasteiger partial charge is 0.163 e. The van der Waals surface area contributed by atoms with Crippen molar-refractivity contribution in [1.29, 1.82) is 5.26 Å². The number of aromatic nitrogens is 1. The van der Waals surface area contributed by atoms with E-state index < -0.39 is 0 Å². The van der Waals surface area contributed by atoms with E-state index in [0.717, 1.165) is 11.4 Å². The van der Waals surface area contributed by atoms with Crippen LogP contribution in [0.1, 0.15) is 31.9 Å². The first-order chi connectivity index (χ1) is 8.35. The lowest BCUT2D eigenvalue weighted by atomic mass is 10.2. The van der Waals surface area contributed by atoms with Crippen molar-refractivity contribution in [3.05, 3.63) is 24.0 Å². The summed E-state index contributed by atoms with van der Waals surface area (Å²) >= 11 is 2.01. The normalized spacial score (nSPS) is 23.3. The Labute approximate surface area is 107 Å². The van der Waals surface area contributed by atoms with Gasteiger partial charge in [0, 0.05) is 17.5 Å². The van der Waals surface area contributed by atoms with Crippen LogP contribution in [-0.4, -0.2) is 22.0 Å². The Bertz CT molecular complexity index is 413. The monoisotopic (exact) mass is 247 g/mol. The Kier molecular flexibility index (Phi) is 4.27. The number of hydrogen-bond acceptors (Lipinski definition) is 4. The molecule has 1 N–H and O–H groups in total. The molecule has 1 aromatic heterocycles. The lowest BCUT2D eigenvalue weighted by Gasteiger charge is -2.21. The van der Waals surface area contributed by atoms with Crippen LogP contribution in [0.25, 0.3) is 0 Å². The van der Waals surface area contributed by atoms with Gasteiger partial charge in [0.1, 0.15) is 6.07 Å². The molecular formula is C13H17N3S. The molecule has 0 radical (unpaired) electrons. The average molecular weight is 247 g/mol. The van der Waals surface area contributed by atoms with Gasteiger partial charge >= 0.3 is 0 Å². The van der Waals surface area contributed by atoms with Crippen LogP contribution in [0.5, 0.6) is 0 Å². The highest BCUT2D eigenvalue weighted by atomic mass is 32.2. The fourth-order valence-electron chi connectivity index (χ4n) is 2.32. The van der Waals surface area contributed by atoms with Gasteiger partial charge in [-0.05, 0) is 30.7 Å². The molecular weight excluding hydrogens is 230 g/mol. The number of nitrogens with zero attached hydrogens (tertiary/aromatic N) is 2. The van der Waals surface area contributed by atoms with Crippen molar-refractivity contribution in [2.75, 3.05) is 11.1 Å². The molecule has 0 saturated heterocycles. The molecule has 1 aliphatic carbocycles. The molecule has 2 unspecified atom stereocenters. The number of rotatable bonds is 4.